The number of hydrogen-bond acceptors (Lipinski definition) is 4. The molecule has 0 spiro atoms. The minimum absolute atomic E-state index is 0.0598. The molecule has 0 radical (unpaired) electrons. The zero-order valence-corrected chi connectivity index (χ0v) is 16.0. The highest BCUT2D eigenvalue weighted by molar-refractivity contribution is 7.89. The molecule has 3 rings (SSSR count). The largest absolute Gasteiger partial charge is 0.375 e. The molecule has 1 amide bonds. The van der Waals surface area contributed by atoms with Crippen molar-refractivity contribution in [2.24, 2.45) is 0 Å². The normalized spacial score (nSPS) is 25.3. The summed E-state index contributed by atoms with van der Waals surface area (Å²) >= 11 is 6.22. The van der Waals surface area contributed by atoms with Gasteiger partial charge in [0.15, 0.2) is 0 Å². The number of morpholine rings is 1. The number of ether oxygens (including phenoxy) is 1. The van der Waals surface area contributed by atoms with Crippen molar-refractivity contribution in [3.8, 4) is 0 Å². The van der Waals surface area contributed by atoms with Crippen molar-refractivity contribution < 1.29 is 17.9 Å². The maximum atomic E-state index is 13.0. The summed E-state index contributed by atoms with van der Waals surface area (Å²) in [4.78, 5) is 14.8. The first kappa shape index (κ1) is 18.6. The quantitative estimate of drug-likeness (QED) is 0.799. The molecule has 2 fully saturated rings. The fourth-order valence-corrected chi connectivity index (χ4v) is 4.99. The minimum atomic E-state index is -3.59. The van der Waals surface area contributed by atoms with E-state index in [-0.39, 0.29) is 33.5 Å². The van der Waals surface area contributed by atoms with Gasteiger partial charge in [0.05, 0.1) is 34.2 Å². The number of carbonyl (C=O) groups is 1. The molecule has 0 bridgehead atoms. The molecule has 6 nitrogen and oxygen atoms in total. The lowest BCUT2D eigenvalue weighted by atomic mass is 10.1. The lowest BCUT2D eigenvalue weighted by Gasteiger charge is -2.37. The number of halogens is 1. The molecule has 2 atom stereocenters. The number of amides is 1. The van der Waals surface area contributed by atoms with Crippen molar-refractivity contribution in [2.45, 2.75) is 43.7 Å². The highest BCUT2D eigenvalue weighted by Gasteiger charge is 2.32. The van der Waals surface area contributed by atoms with Crippen LogP contribution in [0.1, 0.15) is 37.0 Å². The third-order valence-electron chi connectivity index (χ3n) is 4.74. The van der Waals surface area contributed by atoms with E-state index in [9.17, 15) is 13.2 Å². The Morgan fingerprint density at radius 2 is 1.92 bits per heavy atom. The van der Waals surface area contributed by atoms with Crippen LogP contribution in [0, 0.1) is 0 Å². The molecule has 0 N–H and O–H groups in total. The summed E-state index contributed by atoms with van der Waals surface area (Å²) in [7, 11) is -3.59. The van der Waals surface area contributed by atoms with Gasteiger partial charge in [-0.15, -0.1) is 0 Å². The standard InChI is InChI=1S/C17H23ClN2O4S/c1-12-11-24-13(2)10-20(12)17(21)15-9-14(5-6-16(15)18)25(22,23)19-7-3-4-8-19/h5-6,9,12-13H,3-4,7-8,10-11H2,1-2H3. The Morgan fingerprint density at radius 1 is 1.24 bits per heavy atom. The second-order valence-corrected chi connectivity index (χ2v) is 9.05. The van der Waals surface area contributed by atoms with Crippen LogP contribution in [0.5, 0.6) is 0 Å². The van der Waals surface area contributed by atoms with E-state index >= 15 is 0 Å². The van der Waals surface area contributed by atoms with Gasteiger partial charge >= 0.3 is 0 Å². The fraction of sp³-hybridized carbons (Fsp3) is 0.588. The second-order valence-electron chi connectivity index (χ2n) is 6.70. The summed E-state index contributed by atoms with van der Waals surface area (Å²) < 4.78 is 32.5. The van der Waals surface area contributed by atoms with E-state index in [0.717, 1.165) is 12.8 Å². The molecule has 1 aromatic rings. The van der Waals surface area contributed by atoms with Crippen LogP contribution < -0.4 is 0 Å². The van der Waals surface area contributed by atoms with Crippen molar-refractivity contribution in [2.75, 3.05) is 26.2 Å². The molecule has 1 aromatic carbocycles. The third kappa shape index (κ3) is 3.69. The molecular weight excluding hydrogens is 364 g/mol. The molecular formula is C17H23ClN2O4S. The van der Waals surface area contributed by atoms with E-state index in [0.29, 0.717) is 26.2 Å². The van der Waals surface area contributed by atoms with E-state index < -0.39 is 10.0 Å². The molecule has 0 aliphatic carbocycles. The molecule has 2 aliphatic heterocycles. The molecule has 0 aromatic heterocycles. The van der Waals surface area contributed by atoms with Crippen LogP contribution in [0.4, 0.5) is 0 Å². The van der Waals surface area contributed by atoms with Crippen LogP contribution in [0.3, 0.4) is 0 Å². The SMILES string of the molecule is CC1CN(C(=O)c2cc(S(=O)(=O)N3CCCC3)ccc2Cl)C(C)CO1. The van der Waals surface area contributed by atoms with Crippen LogP contribution in [-0.4, -0.2) is 61.9 Å². The maximum Gasteiger partial charge on any atom is 0.255 e. The van der Waals surface area contributed by atoms with Gasteiger partial charge in [0.2, 0.25) is 10.0 Å². The van der Waals surface area contributed by atoms with Crippen molar-refractivity contribution in [1.29, 1.82) is 0 Å². The summed E-state index contributed by atoms with van der Waals surface area (Å²) in [6.07, 6.45) is 1.67. The van der Waals surface area contributed by atoms with Gasteiger partial charge < -0.3 is 9.64 Å². The van der Waals surface area contributed by atoms with Crippen LogP contribution in [-0.2, 0) is 14.8 Å². The van der Waals surface area contributed by atoms with Crippen LogP contribution in [0.25, 0.3) is 0 Å². The van der Waals surface area contributed by atoms with Gasteiger partial charge in [0, 0.05) is 19.6 Å². The first-order valence-electron chi connectivity index (χ1n) is 8.53. The van der Waals surface area contributed by atoms with E-state index in [1.165, 1.54) is 22.5 Å². The lowest BCUT2D eigenvalue weighted by Crippen LogP contribution is -2.50. The first-order valence-corrected chi connectivity index (χ1v) is 10.3. The molecule has 2 aliphatic rings. The number of rotatable bonds is 3. The molecule has 138 valence electrons. The lowest BCUT2D eigenvalue weighted by molar-refractivity contribution is -0.0387. The average molecular weight is 387 g/mol. The number of benzene rings is 1. The summed E-state index contributed by atoms with van der Waals surface area (Å²) in [5, 5.41) is 0.261. The topological polar surface area (TPSA) is 66.9 Å². The monoisotopic (exact) mass is 386 g/mol. The van der Waals surface area contributed by atoms with Gasteiger partial charge in [-0.25, -0.2) is 8.42 Å². The Kier molecular flexibility index (Phi) is 5.39. The van der Waals surface area contributed by atoms with E-state index in [4.69, 9.17) is 16.3 Å². The maximum absolute atomic E-state index is 13.0. The Balaban J connectivity index is 1.92. The van der Waals surface area contributed by atoms with Gasteiger partial charge in [-0.05, 0) is 44.9 Å². The van der Waals surface area contributed by atoms with Gasteiger partial charge in [-0.3, -0.25) is 4.79 Å². The molecule has 8 heteroatoms. The third-order valence-corrected chi connectivity index (χ3v) is 6.96. The predicted octanol–water partition coefficient (Wildman–Crippen LogP) is 2.37. The summed E-state index contributed by atoms with van der Waals surface area (Å²) in [5.41, 5.74) is 0.225. The number of hydrogen-bond donors (Lipinski definition) is 0. The number of sulfonamides is 1. The van der Waals surface area contributed by atoms with Crippen molar-refractivity contribution in [1.82, 2.24) is 9.21 Å². The number of nitrogens with zero attached hydrogens (tertiary/aromatic N) is 2. The van der Waals surface area contributed by atoms with Crippen LogP contribution in [0.15, 0.2) is 23.1 Å². The zero-order valence-electron chi connectivity index (χ0n) is 14.4. The van der Waals surface area contributed by atoms with Gasteiger partial charge in [-0.1, -0.05) is 11.6 Å². The van der Waals surface area contributed by atoms with E-state index in [1.54, 1.807) is 4.90 Å². The molecule has 2 saturated heterocycles. The highest BCUT2D eigenvalue weighted by atomic mass is 35.5. The van der Waals surface area contributed by atoms with Crippen molar-refractivity contribution >= 4 is 27.5 Å². The Morgan fingerprint density at radius 3 is 2.60 bits per heavy atom. The van der Waals surface area contributed by atoms with E-state index in [1.807, 2.05) is 13.8 Å². The number of carbonyl (C=O) groups excluding carboxylic acids is 1. The minimum Gasteiger partial charge on any atom is -0.375 e. The van der Waals surface area contributed by atoms with Gasteiger partial charge in [0.25, 0.3) is 5.91 Å². The smallest absolute Gasteiger partial charge is 0.255 e. The Hall–Kier alpha value is -1.15. The summed E-state index contributed by atoms with van der Waals surface area (Å²) in [6, 6.07) is 4.29. The molecule has 2 heterocycles. The zero-order chi connectivity index (χ0) is 18.2. The van der Waals surface area contributed by atoms with Crippen molar-refractivity contribution in [3.63, 3.8) is 0 Å². The van der Waals surface area contributed by atoms with Gasteiger partial charge in [0.1, 0.15) is 0 Å². The summed E-state index contributed by atoms with van der Waals surface area (Å²) in [6.45, 7) is 5.76. The van der Waals surface area contributed by atoms with Crippen molar-refractivity contribution in [3.05, 3.63) is 28.8 Å². The summed E-state index contributed by atoms with van der Waals surface area (Å²) in [5.74, 6) is -0.258. The molecule has 2 unspecified atom stereocenters. The highest BCUT2D eigenvalue weighted by Crippen LogP contribution is 2.27. The Labute approximate surface area is 153 Å². The predicted molar refractivity (Wildman–Crippen MR) is 95.4 cm³/mol. The fourth-order valence-electron chi connectivity index (χ4n) is 3.25. The van der Waals surface area contributed by atoms with Crippen LogP contribution >= 0.6 is 11.6 Å². The molecule has 0 saturated carbocycles. The van der Waals surface area contributed by atoms with E-state index in [2.05, 4.69) is 0 Å². The first-order chi connectivity index (χ1) is 11.8. The van der Waals surface area contributed by atoms with Crippen LogP contribution in [0.2, 0.25) is 5.02 Å². The second kappa shape index (κ2) is 7.23. The van der Waals surface area contributed by atoms with Gasteiger partial charge in [-0.2, -0.15) is 4.31 Å². The average Bonchev–Trinajstić information content (AvgIpc) is 3.12. The molecule has 25 heavy (non-hydrogen) atoms. The Bertz CT molecular complexity index is 762.